The molecule has 0 bridgehead atoms. The first kappa shape index (κ1) is 33.5. The summed E-state index contributed by atoms with van der Waals surface area (Å²) in [6.07, 6.45) is 8.53. The highest BCUT2D eigenvalue weighted by Gasteiger charge is 2.20. The number of benzene rings is 9. The third-order valence-electron chi connectivity index (χ3n) is 12.3. The zero-order chi connectivity index (χ0) is 39.3. The number of hydrogen-bond acceptors (Lipinski definition) is 5. The molecule has 0 atom stereocenters. The maximum Gasteiger partial charge on any atom is 0.164 e. The third kappa shape index (κ3) is 5.19. The number of thiophene rings is 1. The summed E-state index contributed by atoms with van der Waals surface area (Å²) in [4.78, 5) is 15.6. The van der Waals surface area contributed by atoms with Crippen molar-refractivity contribution in [3.63, 3.8) is 0 Å². The van der Waals surface area contributed by atoms with Gasteiger partial charge in [0, 0.05) is 47.6 Å². The Labute approximate surface area is 348 Å². The van der Waals surface area contributed by atoms with Crippen molar-refractivity contribution in [1.29, 1.82) is 0 Å². The van der Waals surface area contributed by atoms with Gasteiger partial charge < -0.3 is 4.42 Å². The van der Waals surface area contributed by atoms with E-state index in [-0.39, 0.29) is 0 Å². The van der Waals surface area contributed by atoms with Gasteiger partial charge in [-0.25, -0.2) is 15.0 Å². The Balaban J connectivity index is 0.949. The second-order valence-corrected chi connectivity index (χ2v) is 16.9. The van der Waals surface area contributed by atoms with E-state index in [1.807, 2.05) is 23.5 Å². The lowest BCUT2D eigenvalue weighted by atomic mass is 9.91. The van der Waals surface area contributed by atoms with Crippen molar-refractivity contribution in [3.8, 4) is 45.0 Å². The number of hydrogen-bond donors (Lipinski definition) is 0. The average molecular weight is 784 g/mol. The van der Waals surface area contributed by atoms with Crippen LogP contribution in [0.4, 0.5) is 0 Å². The van der Waals surface area contributed by atoms with Crippen molar-refractivity contribution in [2.45, 2.75) is 12.8 Å². The molecule has 1 aliphatic rings. The van der Waals surface area contributed by atoms with E-state index >= 15 is 0 Å². The number of rotatable bonds is 5. The van der Waals surface area contributed by atoms with Crippen molar-refractivity contribution in [3.05, 3.63) is 182 Å². The van der Waals surface area contributed by atoms with Gasteiger partial charge >= 0.3 is 0 Å². The molecule has 60 heavy (non-hydrogen) atoms. The quantitative estimate of drug-likeness (QED) is 0.163. The predicted octanol–water partition coefficient (Wildman–Crippen LogP) is 15.4. The molecule has 0 saturated heterocycles. The first-order chi connectivity index (χ1) is 29.7. The van der Waals surface area contributed by atoms with Gasteiger partial charge in [0.05, 0.1) is 0 Å². The lowest BCUT2D eigenvalue weighted by Gasteiger charge is -2.13. The summed E-state index contributed by atoms with van der Waals surface area (Å²) in [5.74, 6) is 1.93. The molecular weight excluding hydrogens is 751 g/mol. The lowest BCUT2D eigenvalue weighted by molar-refractivity contribution is 0.669. The van der Waals surface area contributed by atoms with E-state index in [9.17, 15) is 0 Å². The second kappa shape index (κ2) is 13.0. The smallest absolute Gasteiger partial charge is 0.164 e. The Morgan fingerprint density at radius 2 is 1.15 bits per heavy atom. The van der Waals surface area contributed by atoms with Gasteiger partial charge in [-0.15, -0.1) is 11.3 Å². The van der Waals surface area contributed by atoms with Crippen molar-refractivity contribution >= 4 is 91.3 Å². The molecule has 0 amide bonds. The number of aromatic nitrogens is 3. The first-order valence-corrected chi connectivity index (χ1v) is 21.3. The summed E-state index contributed by atoms with van der Waals surface area (Å²) in [7, 11) is 0. The topological polar surface area (TPSA) is 51.8 Å². The Morgan fingerprint density at radius 1 is 0.433 bits per heavy atom. The van der Waals surface area contributed by atoms with Crippen LogP contribution >= 0.6 is 11.3 Å². The minimum Gasteiger partial charge on any atom is -0.456 e. The lowest BCUT2D eigenvalue weighted by Crippen LogP contribution is -2.03. The van der Waals surface area contributed by atoms with E-state index in [2.05, 4.69) is 164 Å². The van der Waals surface area contributed by atoms with E-state index in [4.69, 9.17) is 19.4 Å². The van der Waals surface area contributed by atoms with Crippen LogP contribution in [0.5, 0.6) is 0 Å². The molecule has 0 unspecified atom stereocenters. The molecule has 9 aromatic carbocycles. The minimum absolute atomic E-state index is 0.622. The molecule has 0 saturated carbocycles. The van der Waals surface area contributed by atoms with Crippen molar-refractivity contribution in [2.24, 2.45) is 0 Å². The molecule has 5 heteroatoms. The van der Waals surface area contributed by atoms with E-state index in [0.717, 1.165) is 68.2 Å². The highest BCUT2D eigenvalue weighted by Crippen LogP contribution is 2.43. The molecule has 3 aromatic heterocycles. The first-order valence-electron chi connectivity index (χ1n) is 20.5. The van der Waals surface area contributed by atoms with E-state index in [0.29, 0.717) is 17.5 Å². The fourth-order valence-corrected chi connectivity index (χ4v) is 10.7. The standard InChI is InChI=1S/C55H33N3OS/c1-2-10-34(11-3-1)53-56-54(39-15-7-14-36(28-39)41-17-8-18-43-42-16-4-5-21-48(42)60-52(41)43)58-55(57-53)45-19-9-20-46-51(45)44-27-26-35(31-47(44)59-46)40-29-37-24-22-32-12-6-13-33-23-25-38(30-40)50(37)49(32)33/h2,4-31H,1,3H2. The van der Waals surface area contributed by atoms with Crippen LogP contribution in [0.1, 0.15) is 18.7 Å². The second-order valence-electron chi connectivity index (χ2n) is 15.8. The molecular formula is C55H33N3OS. The van der Waals surface area contributed by atoms with E-state index < -0.39 is 0 Å². The molecule has 4 nitrogen and oxygen atoms in total. The van der Waals surface area contributed by atoms with Crippen LogP contribution in [0, 0.1) is 0 Å². The molecule has 0 radical (unpaired) electrons. The van der Waals surface area contributed by atoms with Crippen LogP contribution in [0.2, 0.25) is 0 Å². The Hall–Kier alpha value is -7.47. The molecule has 0 spiro atoms. The van der Waals surface area contributed by atoms with E-state index in [1.165, 1.54) is 58.1 Å². The molecule has 0 fully saturated rings. The molecule has 0 N–H and O–H groups in total. The largest absolute Gasteiger partial charge is 0.456 e. The van der Waals surface area contributed by atoms with Gasteiger partial charge in [0.15, 0.2) is 17.5 Å². The normalized spacial score (nSPS) is 13.2. The summed E-state index contributed by atoms with van der Waals surface area (Å²) in [5, 5.41) is 12.3. The minimum atomic E-state index is 0.622. The summed E-state index contributed by atoms with van der Waals surface area (Å²) >= 11 is 1.84. The number of allylic oxidation sites excluding steroid dienone is 4. The van der Waals surface area contributed by atoms with E-state index in [1.54, 1.807) is 0 Å². The fourth-order valence-electron chi connectivity index (χ4n) is 9.45. The van der Waals surface area contributed by atoms with Gasteiger partial charge in [0.2, 0.25) is 0 Å². The van der Waals surface area contributed by atoms with Gasteiger partial charge in [-0.3, -0.25) is 0 Å². The molecule has 12 aromatic rings. The molecule has 280 valence electrons. The fraction of sp³-hybridized carbons (Fsp3) is 0.0364. The maximum atomic E-state index is 6.66. The Morgan fingerprint density at radius 3 is 2.02 bits per heavy atom. The summed E-state index contributed by atoms with van der Waals surface area (Å²) < 4.78 is 9.24. The van der Waals surface area contributed by atoms with Gasteiger partial charge in [0.1, 0.15) is 11.2 Å². The van der Waals surface area contributed by atoms with Gasteiger partial charge in [-0.2, -0.15) is 0 Å². The summed E-state index contributed by atoms with van der Waals surface area (Å²) in [5.41, 5.74) is 9.11. The molecule has 13 rings (SSSR count). The molecule has 1 aliphatic carbocycles. The Kier molecular flexibility index (Phi) is 7.27. The third-order valence-corrected chi connectivity index (χ3v) is 13.5. The Bertz CT molecular complexity index is 3730. The number of furan rings is 1. The summed E-state index contributed by atoms with van der Waals surface area (Å²) in [6.45, 7) is 0. The van der Waals surface area contributed by atoms with Crippen molar-refractivity contribution in [1.82, 2.24) is 15.0 Å². The SMILES string of the molecule is C1=CC(c2nc(-c3cccc(-c4cccc5c4sc4ccccc45)c3)nc(-c3cccc4oc5cc(-c6cc7ccc8cccc9ccc(c6)c7c89)ccc5c34)n2)=CCC1. The van der Waals surface area contributed by atoms with Gasteiger partial charge in [-0.05, 0) is 110 Å². The monoisotopic (exact) mass is 783 g/mol. The highest BCUT2D eigenvalue weighted by atomic mass is 32.1. The van der Waals surface area contributed by atoms with Crippen LogP contribution in [0.3, 0.4) is 0 Å². The van der Waals surface area contributed by atoms with Crippen LogP contribution in [-0.4, -0.2) is 15.0 Å². The average Bonchev–Trinajstić information content (AvgIpc) is 3.89. The van der Waals surface area contributed by atoms with Gasteiger partial charge in [-0.1, -0.05) is 133 Å². The van der Waals surface area contributed by atoms with Gasteiger partial charge in [0.25, 0.3) is 0 Å². The zero-order valence-electron chi connectivity index (χ0n) is 32.3. The maximum absolute atomic E-state index is 6.66. The molecule has 0 aliphatic heterocycles. The number of fused-ring (bicyclic) bond motifs is 6. The van der Waals surface area contributed by atoms with Crippen LogP contribution < -0.4 is 0 Å². The van der Waals surface area contributed by atoms with Crippen LogP contribution in [0.15, 0.2) is 180 Å². The number of nitrogens with zero attached hydrogens (tertiary/aromatic N) is 3. The zero-order valence-corrected chi connectivity index (χ0v) is 33.1. The van der Waals surface area contributed by atoms with Crippen LogP contribution in [0.25, 0.3) is 125 Å². The summed E-state index contributed by atoms with van der Waals surface area (Å²) in [6, 6.07) is 56.8. The predicted molar refractivity (Wildman–Crippen MR) is 252 cm³/mol. The van der Waals surface area contributed by atoms with Crippen LogP contribution in [-0.2, 0) is 0 Å². The highest BCUT2D eigenvalue weighted by molar-refractivity contribution is 7.26. The van der Waals surface area contributed by atoms with Crippen molar-refractivity contribution < 1.29 is 4.42 Å². The molecule has 3 heterocycles. The van der Waals surface area contributed by atoms with Crippen molar-refractivity contribution in [2.75, 3.05) is 0 Å².